The number of benzene rings is 3. The fourth-order valence-corrected chi connectivity index (χ4v) is 4.11. The van der Waals surface area contributed by atoms with Gasteiger partial charge in [0, 0.05) is 37.3 Å². The third-order valence-corrected chi connectivity index (χ3v) is 5.59. The third-order valence-electron chi connectivity index (χ3n) is 5.59. The average Bonchev–Trinajstić information content (AvgIpc) is 3.14. The Bertz CT molecular complexity index is 919. The summed E-state index contributed by atoms with van der Waals surface area (Å²) in [5.41, 5.74) is 3.00. The summed E-state index contributed by atoms with van der Waals surface area (Å²) in [6.45, 7) is 5.68. The van der Waals surface area contributed by atoms with E-state index in [1.807, 2.05) is 55.5 Å². The van der Waals surface area contributed by atoms with Gasteiger partial charge in [0.2, 0.25) is 0 Å². The minimum absolute atomic E-state index is 0.0416. The highest BCUT2D eigenvalue weighted by molar-refractivity contribution is 5.35. The van der Waals surface area contributed by atoms with E-state index in [0.29, 0.717) is 31.2 Å². The van der Waals surface area contributed by atoms with Crippen LogP contribution in [-0.2, 0) is 13.1 Å². The van der Waals surface area contributed by atoms with E-state index in [9.17, 15) is 10.2 Å². The fraction of sp³-hybridized carbons (Fsp3) is 0.280. The molecule has 3 aromatic rings. The molecule has 5 heteroatoms. The van der Waals surface area contributed by atoms with Crippen LogP contribution in [0.2, 0.25) is 0 Å². The molecule has 1 aliphatic heterocycles. The molecular weight excluding hydrogens is 376 g/mol. The zero-order valence-corrected chi connectivity index (χ0v) is 17.2. The zero-order valence-electron chi connectivity index (χ0n) is 17.2. The van der Waals surface area contributed by atoms with Crippen LogP contribution in [0, 0.1) is 0 Å². The highest BCUT2D eigenvalue weighted by Crippen LogP contribution is 2.35. The molecule has 156 valence electrons. The Morgan fingerprint density at radius 2 is 1.27 bits per heavy atom. The van der Waals surface area contributed by atoms with Gasteiger partial charge in [-0.05, 0) is 36.8 Å². The maximum atomic E-state index is 10.3. The SMILES string of the molecule is CCOc1ccc(C2N(Cc3ccccc3O)CCN2Cc2ccccc2O)cc1. The number of aromatic hydroxyl groups is 2. The van der Waals surface area contributed by atoms with E-state index in [-0.39, 0.29) is 6.17 Å². The summed E-state index contributed by atoms with van der Waals surface area (Å²) in [5.74, 6) is 1.50. The molecule has 0 atom stereocenters. The first-order chi connectivity index (χ1) is 14.7. The standard InChI is InChI=1S/C25H28N2O3/c1-2-30-22-13-11-19(12-14-22)25-26(17-20-7-3-5-9-23(20)28)15-16-27(25)18-21-8-4-6-10-24(21)29/h3-14,25,28-29H,2,15-18H2,1H3. The lowest BCUT2D eigenvalue weighted by atomic mass is 10.1. The van der Waals surface area contributed by atoms with Gasteiger partial charge in [0.05, 0.1) is 12.8 Å². The molecule has 0 aliphatic carbocycles. The Labute approximate surface area is 177 Å². The van der Waals surface area contributed by atoms with Crippen LogP contribution in [0.5, 0.6) is 17.2 Å². The monoisotopic (exact) mass is 404 g/mol. The molecule has 30 heavy (non-hydrogen) atoms. The van der Waals surface area contributed by atoms with E-state index >= 15 is 0 Å². The van der Waals surface area contributed by atoms with Gasteiger partial charge < -0.3 is 14.9 Å². The van der Waals surface area contributed by atoms with Crippen LogP contribution < -0.4 is 4.74 Å². The maximum Gasteiger partial charge on any atom is 0.120 e. The molecule has 2 N–H and O–H groups in total. The lowest BCUT2D eigenvalue weighted by molar-refractivity contribution is 0.124. The molecule has 0 spiro atoms. The van der Waals surface area contributed by atoms with Gasteiger partial charge in [0.1, 0.15) is 17.2 Å². The van der Waals surface area contributed by atoms with Gasteiger partial charge >= 0.3 is 0 Å². The van der Waals surface area contributed by atoms with Crippen molar-refractivity contribution < 1.29 is 14.9 Å². The third kappa shape index (κ3) is 4.42. The van der Waals surface area contributed by atoms with Crippen molar-refractivity contribution in [2.45, 2.75) is 26.2 Å². The van der Waals surface area contributed by atoms with Gasteiger partial charge in [-0.15, -0.1) is 0 Å². The van der Waals surface area contributed by atoms with Crippen molar-refractivity contribution in [3.63, 3.8) is 0 Å². The van der Waals surface area contributed by atoms with Gasteiger partial charge in [-0.1, -0.05) is 48.5 Å². The first kappa shape index (κ1) is 20.3. The van der Waals surface area contributed by atoms with E-state index in [0.717, 1.165) is 30.0 Å². The topological polar surface area (TPSA) is 56.2 Å². The summed E-state index contributed by atoms with van der Waals surface area (Å²) in [7, 11) is 0. The molecule has 1 heterocycles. The van der Waals surface area contributed by atoms with Crippen LogP contribution >= 0.6 is 0 Å². The number of ether oxygens (including phenoxy) is 1. The van der Waals surface area contributed by atoms with Gasteiger partial charge in [-0.2, -0.15) is 0 Å². The number of hydrogen-bond donors (Lipinski definition) is 2. The molecule has 0 saturated carbocycles. The largest absolute Gasteiger partial charge is 0.508 e. The van der Waals surface area contributed by atoms with Crippen molar-refractivity contribution in [2.75, 3.05) is 19.7 Å². The van der Waals surface area contributed by atoms with E-state index < -0.39 is 0 Å². The van der Waals surface area contributed by atoms with Gasteiger partial charge in [0.25, 0.3) is 0 Å². The lowest BCUT2D eigenvalue weighted by Crippen LogP contribution is -2.30. The first-order valence-electron chi connectivity index (χ1n) is 10.4. The van der Waals surface area contributed by atoms with Crippen molar-refractivity contribution in [1.29, 1.82) is 0 Å². The summed E-state index contributed by atoms with van der Waals surface area (Å²) < 4.78 is 5.61. The van der Waals surface area contributed by atoms with Crippen LogP contribution in [0.25, 0.3) is 0 Å². The number of phenolic OH excluding ortho intramolecular Hbond substituents is 2. The molecule has 0 bridgehead atoms. The van der Waals surface area contributed by atoms with Gasteiger partial charge in [-0.3, -0.25) is 9.80 Å². The van der Waals surface area contributed by atoms with Crippen molar-refractivity contribution >= 4 is 0 Å². The normalized spacial score (nSPS) is 15.5. The quantitative estimate of drug-likeness (QED) is 0.607. The highest BCUT2D eigenvalue weighted by atomic mass is 16.5. The molecule has 0 radical (unpaired) electrons. The van der Waals surface area contributed by atoms with Crippen LogP contribution in [-0.4, -0.2) is 39.7 Å². The number of rotatable bonds is 7. The number of para-hydroxylation sites is 2. The fourth-order valence-electron chi connectivity index (χ4n) is 4.11. The predicted molar refractivity (Wildman–Crippen MR) is 117 cm³/mol. The second-order valence-electron chi connectivity index (χ2n) is 7.57. The molecule has 0 unspecified atom stereocenters. The Kier molecular flexibility index (Phi) is 6.21. The van der Waals surface area contributed by atoms with E-state index in [2.05, 4.69) is 21.9 Å². The highest BCUT2D eigenvalue weighted by Gasteiger charge is 2.33. The van der Waals surface area contributed by atoms with E-state index in [4.69, 9.17) is 4.74 Å². The van der Waals surface area contributed by atoms with Crippen molar-refractivity contribution in [3.05, 3.63) is 89.5 Å². The summed E-state index contributed by atoms with van der Waals surface area (Å²) in [6.07, 6.45) is 0.0416. The molecule has 5 nitrogen and oxygen atoms in total. The molecule has 1 aliphatic rings. The smallest absolute Gasteiger partial charge is 0.120 e. The average molecular weight is 405 g/mol. The summed E-state index contributed by atoms with van der Waals surface area (Å²) >= 11 is 0. The van der Waals surface area contributed by atoms with E-state index in [1.54, 1.807) is 12.1 Å². The number of nitrogens with zero attached hydrogens (tertiary/aromatic N) is 2. The second kappa shape index (κ2) is 9.20. The predicted octanol–water partition coefficient (Wildman–Crippen LogP) is 4.51. The minimum Gasteiger partial charge on any atom is -0.508 e. The Morgan fingerprint density at radius 1 is 0.767 bits per heavy atom. The van der Waals surface area contributed by atoms with Crippen molar-refractivity contribution in [2.24, 2.45) is 0 Å². The minimum atomic E-state index is 0.0416. The summed E-state index contributed by atoms with van der Waals surface area (Å²) in [6, 6.07) is 23.2. The molecular formula is C25H28N2O3. The van der Waals surface area contributed by atoms with Crippen LogP contribution in [0.4, 0.5) is 0 Å². The summed E-state index contributed by atoms with van der Waals surface area (Å²) in [4.78, 5) is 4.73. The number of hydrogen-bond acceptors (Lipinski definition) is 5. The molecule has 1 saturated heterocycles. The lowest BCUT2D eigenvalue weighted by Gasteiger charge is -2.31. The molecule has 0 aromatic heterocycles. The van der Waals surface area contributed by atoms with Crippen LogP contribution in [0.3, 0.4) is 0 Å². The van der Waals surface area contributed by atoms with Crippen LogP contribution in [0.1, 0.15) is 29.8 Å². The van der Waals surface area contributed by atoms with Gasteiger partial charge in [-0.25, -0.2) is 0 Å². The Balaban J connectivity index is 1.62. The van der Waals surface area contributed by atoms with Crippen molar-refractivity contribution in [1.82, 2.24) is 9.80 Å². The Morgan fingerprint density at radius 3 is 1.73 bits per heavy atom. The molecule has 1 fully saturated rings. The summed E-state index contributed by atoms with van der Waals surface area (Å²) in [5, 5.41) is 20.5. The number of phenols is 2. The second-order valence-corrected chi connectivity index (χ2v) is 7.57. The molecule has 3 aromatic carbocycles. The maximum absolute atomic E-state index is 10.3. The van der Waals surface area contributed by atoms with Gasteiger partial charge in [0.15, 0.2) is 0 Å². The molecule has 0 amide bonds. The zero-order chi connectivity index (χ0) is 20.9. The first-order valence-corrected chi connectivity index (χ1v) is 10.4. The Hall–Kier alpha value is -3.02. The molecule has 4 rings (SSSR count). The van der Waals surface area contributed by atoms with E-state index in [1.165, 1.54) is 5.56 Å². The van der Waals surface area contributed by atoms with Crippen LogP contribution in [0.15, 0.2) is 72.8 Å². The van der Waals surface area contributed by atoms with Crippen molar-refractivity contribution in [3.8, 4) is 17.2 Å².